The predicted octanol–water partition coefficient (Wildman–Crippen LogP) is 2.03. The molecule has 0 saturated carbocycles. The highest BCUT2D eigenvalue weighted by Crippen LogP contribution is 2.18. The van der Waals surface area contributed by atoms with Gasteiger partial charge in [-0.2, -0.15) is 0 Å². The summed E-state index contributed by atoms with van der Waals surface area (Å²) in [5.74, 6) is -1.98. The monoisotopic (exact) mass is 418 g/mol. The second-order valence-electron chi connectivity index (χ2n) is 5.96. The molecular weight excluding hydrogens is 396 g/mol. The number of carbonyl (C=O) groups excluding carboxylic acids is 3. The van der Waals surface area contributed by atoms with Crippen molar-refractivity contribution in [3.05, 3.63) is 59.7 Å². The number of rotatable bonds is 8. The molecule has 2 amide bonds. The summed E-state index contributed by atoms with van der Waals surface area (Å²) in [6.07, 6.45) is 0. The zero-order valence-electron chi connectivity index (χ0n) is 16.1. The van der Waals surface area contributed by atoms with Crippen molar-refractivity contribution < 1.29 is 27.5 Å². The second kappa shape index (κ2) is 9.83. The van der Waals surface area contributed by atoms with Crippen molar-refractivity contribution in [1.29, 1.82) is 0 Å². The van der Waals surface area contributed by atoms with Gasteiger partial charge in [0.05, 0.1) is 16.2 Å². The van der Waals surface area contributed by atoms with E-state index in [4.69, 9.17) is 4.74 Å². The minimum Gasteiger partial charge on any atom is -0.452 e. The van der Waals surface area contributed by atoms with Crippen molar-refractivity contribution in [1.82, 2.24) is 5.32 Å². The van der Waals surface area contributed by atoms with Gasteiger partial charge in [0.15, 0.2) is 16.4 Å². The van der Waals surface area contributed by atoms with Crippen LogP contribution in [0.25, 0.3) is 0 Å². The summed E-state index contributed by atoms with van der Waals surface area (Å²) < 4.78 is 29.2. The summed E-state index contributed by atoms with van der Waals surface area (Å²) >= 11 is 0. The van der Waals surface area contributed by atoms with Crippen LogP contribution in [-0.4, -0.2) is 45.1 Å². The molecule has 0 aromatic heterocycles. The average Bonchev–Trinajstić information content (AvgIpc) is 2.72. The van der Waals surface area contributed by atoms with Gasteiger partial charge in [-0.1, -0.05) is 25.1 Å². The van der Waals surface area contributed by atoms with Crippen LogP contribution in [0.5, 0.6) is 0 Å². The van der Waals surface area contributed by atoms with Gasteiger partial charge < -0.3 is 15.4 Å². The van der Waals surface area contributed by atoms with Crippen molar-refractivity contribution in [2.45, 2.75) is 18.7 Å². The summed E-state index contributed by atoms with van der Waals surface area (Å²) in [7, 11) is -3.62. The maximum absolute atomic E-state index is 12.3. The van der Waals surface area contributed by atoms with E-state index in [0.29, 0.717) is 17.8 Å². The highest BCUT2D eigenvalue weighted by Gasteiger charge is 2.22. The van der Waals surface area contributed by atoms with Gasteiger partial charge in [0.25, 0.3) is 11.8 Å². The second-order valence-corrected chi connectivity index (χ2v) is 8.21. The van der Waals surface area contributed by atoms with Gasteiger partial charge in [-0.15, -0.1) is 0 Å². The van der Waals surface area contributed by atoms with Gasteiger partial charge in [-0.05, 0) is 37.3 Å². The molecule has 0 saturated heterocycles. The Morgan fingerprint density at radius 1 is 1.00 bits per heavy atom. The van der Waals surface area contributed by atoms with Gasteiger partial charge in [0.2, 0.25) is 0 Å². The van der Waals surface area contributed by atoms with Crippen LogP contribution >= 0.6 is 0 Å². The molecule has 0 atom stereocenters. The molecule has 0 fully saturated rings. The standard InChI is InChI=1S/C20H22N2O6S/c1-3-21-19(24)14-8-7-9-15(12-14)22-18(23)13-28-20(25)16-10-5-6-11-17(16)29(26,27)4-2/h5-12H,3-4,13H2,1-2H3,(H,21,24)(H,22,23). The number of hydrogen-bond donors (Lipinski definition) is 2. The maximum atomic E-state index is 12.3. The Bertz CT molecular complexity index is 1020. The lowest BCUT2D eigenvalue weighted by atomic mass is 10.2. The van der Waals surface area contributed by atoms with Crippen LogP contribution in [0, 0.1) is 0 Å². The third-order valence-electron chi connectivity index (χ3n) is 3.90. The molecule has 2 N–H and O–H groups in total. The Morgan fingerprint density at radius 2 is 1.72 bits per heavy atom. The normalized spacial score (nSPS) is 10.8. The first-order valence-electron chi connectivity index (χ1n) is 8.95. The van der Waals surface area contributed by atoms with Crippen LogP contribution in [0.1, 0.15) is 34.6 Å². The highest BCUT2D eigenvalue weighted by molar-refractivity contribution is 7.91. The number of nitrogens with one attached hydrogen (secondary N) is 2. The zero-order chi connectivity index (χ0) is 21.4. The fourth-order valence-corrected chi connectivity index (χ4v) is 3.55. The number of esters is 1. The van der Waals surface area contributed by atoms with E-state index in [9.17, 15) is 22.8 Å². The summed E-state index contributed by atoms with van der Waals surface area (Å²) in [5.41, 5.74) is 0.615. The molecule has 29 heavy (non-hydrogen) atoms. The molecule has 0 bridgehead atoms. The predicted molar refractivity (Wildman–Crippen MR) is 108 cm³/mol. The van der Waals surface area contributed by atoms with Crippen LogP contribution in [0.4, 0.5) is 5.69 Å². The van der Waals surface area contributed by atoms with Gasteiger partial charge >= 0.3 is 5.97 Å². The van der Waals surface area contributed by atoms with Crippen molar-refractivity contribution in [3.63, 3.8) is 0 Å². The van der Waals surface area contributed by atoms with Gasteiger partial charge in [-0.3, -0.25) is 9.59 Å². The largest absolute Gasteiger partial charge is 0.452 e. The molecule has 0 aliphatic rings. The lowest BCUT2D eigenvalue weighted by Crippen LogP contribution is -2.24. The topological polar surface area (TPSA) is 119 Å². The first-order chi connectivity index (χ1) is 13.8. The fraction of sp³-hybridized carbons (Fsp3) is 0.250. The van der Waals surface area contributed by atoms with E-state index >= 15 is 0 Å². The van der Waals surface area contributed by atoms with E-state index in [2.05, 4.69) is 10.6 Å². The van der Waals surface area contributed by atoms with Crippen LogP contribution < -0.4 is 10.6 Å². The number of ether oxygens (including phenoxy) is 1. The molecule has 9 heteroatoms. The molecular formula is C20H22N2O6S. The molecule has 0 aliphatic carbocycles. The molecule has 0 aliphatic heterocycles. The minimum absolute atomic E-state index is 0.125. The van der Waals surface area contributed by atoms with E-state index < -0.39 is 28.3 Å². The van der Waals surface area contributed by atoms with Crippen molar-refractivity contribution >= 4 is 33.3 Å². The minimum atomic E-state index is -3.62. The van der Waals surface area contributed by atoms with E-state index in [1.807, 2.05) is 0 Å². The molecule has 0 heterocycles. The smallest absolute Gasteiger partial charge is 0.339 e. The van der Waals surface area contributed by atoms with Gasteiger partial charge in [-0.25, -0.2) is 13.2 Å². The quantitative estimate of drug-likeness (QED) is 0.633. The molecule has 154 valence electrons. The third kappa shape index (κ3) is 5.89. The van der Waals surface area contributed by atoms with Crippen LogP contribution in [0.15, 0.2) is 53.4 Å². The van der Waals surface area contributed by atoms with Crippen LogP contribution in [-0.2, 0) is 19.4 Å². The van der Waals surface area contributed by atoms with Crippen LogP contribution in [0.3, 0.4) is 0 Å². The Hall–Kier alpha value is -3.20. The molecule has 0 unspecified atom stereocenters. The zero-order valence-corrected chi connectivity index (χ0v) is 16.9. The molecule has 8 nitrogen and oxygen atoms in total. The van der Waals surface area contributed by atoms with Crippen molar-refractivity contribution in [2.75, 3.05) is 24.2 Å². The number of hydrogen-bond acceptors (Lipinski definition) is 6. The summed E-state index contributed by atoms with van der Waals surface area (Å²) in [4.78, 5) is 36.1. The SMILES string of the molecule is CCNC(=O)c1cccc(NC(=O)COC(=O)c2ccccc2S(=O)(=O)CC)c1. The van der Waals surface area contributed by atoms with Crippen molar-refractivity contribution in [3.8, 4) is 0 Å². The number of sulfone groups is 1. The first-order valence-corrected chi connectivity index (χ1v) is 10.6. The van der Waals surface area contributed by atoms with E-state index in [1.54, 1.807) is 25.1 Å². The summed E-state index contributed by atoms with van der Waals surface area (Å²) in [6.45, 7) is 3.13. The number of anilines is 1. The first kappa shape index (κ1) is 22.1. The molecule has 2 aromatic rings. The lowest BCUT2D eigenvalue weighted by molar-refractivity contribution is -0.119. The van der Waals surface area contributed by atoms with Crippen molar-refractivity contribution in [2.24, 2.45) is 0 Å². The Kier molecular flexibility index (Phi) is 7.49. The maximum Gasteiger partial charge on any atom is 0.339 e. The van der Waals surface area contributed by atoms with E-state index in [1.165, 1.54) is 37.3 Å². The summed E-state index contributed by atoms with van der Waals surface area (Å²) in [5, 5.41) is 5.18. The third-order valence-corrected chi connectivity index (χ3v) is 5.69. The molecule has 0 radical (unpaired) electrons. The number of benzene rings is 2. The molecule has 2 rings (SSSR count). The Morgan fingerprint density at radius 3 is 2.41 bits per heavy atom. The van der Waals surface area contributed by atoms with Crippen LogP contribution in [0.2, 0.25) is 0 Å². The highest BCUT2D eigenvalue weighted by atomic mass is 32.2. The van der Waals surface area contributed by atoms with E-state index in [0.717, 1.165) is 0 Å². The van der Waals surface area contributed by atoms with Gasteiger partial charge in [0.1, 0.15) is 0 Å². The van der Waals surface area contributed by atoms with Gasteiger partial charge in [0, 0.05) is 17.8 Å². The Balaban J connectivity index is 2.03. The Labute approximate surface area is 169 Å². The average molecular weight is 418 g/mol. The van der Waals surface area contributed by atoms with E-state index in [-0.39, 0.29) is 22.1 Å². The fourth-order valence-electron chi connectivity index (χ4n) is 2.47. The number of carbonyl (C=O) groups is 3. The molecule has 0 spiro atoms. The number of amides is 2. The summed E-state index contributed by atoms with van der Waals surface area (Å²) in [6, 6.07) is 12.0. The lowest BCUT2D eigenvalue weighted by Gasteiger charge is -2.10. The molecule has 2 aromatic carbocycles.